The smallest absolute Gasteiger partial charge is 0.387 e. The zero-order chi connectivity index (χ0) is 21.5. The lowest BCUT2D eigenvalue weighted by atomic mass is 9.95. The Balaban J connectivity index is 2.04. The van der Waals surface area contributed by atoms with Crippen molar-refractivity contribution in [2.75, 3.05) is 0 Å². The van der Waals surface area contributed by atoms with Gasteiger partial charge in [-0.3, -0.25) is 0 Å². The third-order valence-corrected chi connectivity index (χ3v) is 5.27. The van der Waals surface area contributed by atoms with Crippen molar-refractivity contribution in [2.24, 2.45) is 0 Å². The summed E-state index contributed by atoms with van der Waals surface area (Å²) in [6.45, 7) is 2.82. The molecule has 0 bridgehead atoms. The first-order valence-corrected chi connectivity index (χ1v) is 10.4. The molecule has 3 rings (SSSR count). The van der Waals surface area contributed by atoms with Crippen LogP contribution in [0.3, 0.4) is 0 Å². The summed E-state index contributed by atoms with van der Waals surface area (Å²) in [4.78, 5) is 0. The highest BCUT2D eigenvalue weighted by Crippen LogP contribution is 2.39. The molecule has 3 aromatic rings. The van der Waals surface area contributed by atoms with Crippen molar-refractivity contribution < 1.29 is 17.9 Å². The van der Waals surface area contributed by atoms with E-state index in [4.69, 9.17) is 4.74 Å². The van der Waals surface area contributed by atoms with E-state index in [0.29, 0.717) is 16.3 Å². The van der Waals surface area contributed by atoms with Crippen molar-refractivity contribution in [1.82, 2.24) is 0 Å². The fourth-order valence-corrected chi connectivity index (χ4v) is 3.69. The number of unbranched alkanes of at least 4 members (excludes halogenated alkanes) is 2. The molecular weight excluding hydrogens is 385 g/mol. The average Bonchev–Trinajstić information content (AvgIpc) is 2.73. The van der Waals surface area contributed by atoms with Crippen LogP contribution >= 0.6 is 0 Å². The Morgan fingerprint density at radius 2 is 1.70 bits per heavy atom. The van der Waals surface area contributed by atoms with Crippen LogP contribution in [-0.2, 0) is 12.8 Å². The molecular formula is C26H27F3O. The van der Waals surface area contributed by atoms with Gasteiger partial charge in [0.05, 0.1) is 5.56 Å². The molecule has 0 unspecified atom stereocenters. The van der Waals surface area contributed by atoms with Crippen LogP contribution in [0.1, 0.15) is 43.7 Å². The van der Waals surface area contributed by atoms with Gasteiger partial charge in [0.25, 0.3) is 0 Å². The van der Waals surface area contributed by atoms with Gasteiger partial charge in [0.2, 0.25) is 0 Å². The molecule has 0 saturated heterocycles. The van der Waals surface area contributed by atoms with Crippen molar-refractivity contribution in [1.29, 1.82) is 0 Å². The third kappa shape index (κ3) is 5.24. The van der Waals surface area contributed by atoms with Crippen LogP contribution in [0.25, 0.3) is 21.9 Å². The lowest BCUT2D eigenvalue weighted by Crippen LogP contribution is -2.05. The normalized spacial score (nSPS) is 11.2. The number of alkyl halides is 2. The van der Waals surface area contributed by atoms with Gasteiger partial charge < -0.3 is 4.74 Å². The lowest BCUT2D eigenvalue weighted by Gasteiger charge is -2.15. The van der Waals surface area contributed by atoms with Crippen molar-refractivity contribution in [3.8, 4) is 16.9 Å². The van der Waals surface area contributed by atoms with Crippen LogP contribution in [0.15, 0.2) is 61.2 Å². The Kier molecular flexibility index (Phi) is 7.56. The van der Waals surface area contributed by atoms with E-state index in [1.54, 1.807) is 18.2 Å². The van der Waals surface area contributed by atoms with Crippen LogP contribution in [0, 0.1) is 5.82 Å². The molecule has 0 radical (unpaired) electrons. The molecule has 0 aliphatic carbocycles. The van der Waals surface area contributed by atoms with E-state index in [9.17, 15) is 8.78 Å². The fraction of sp³-hybridized carbons (Fsp3) is 0.308. The quantitative estimate of drug-likeness (QED) is 0.241. The maximum absolute atomic E-state index is 15.5. The average molecular weight is 412 g/mol. The number of rotatable bonds is 10. The molecule has 0 heterocycles. The molecule has 1 nitrogen and oxygen atoms in total. The first kappa shape index (κ1) is 21.9. The summed E-state index contributed by atoms with van der Waals surface area (Å²) < 4.78 is 46.4. The van der Waals surface area contributed by atoms with E-state index in [-0.39, 0.29) is 11.3 Å². The second-order valence-corrected chi connectivity index (χ2v) is 7.48. The van der Waals surface area contributed by atoms with Crippen LogP contribution in [-0.4, -0.2) is 6.61 Å². The molecule has 0 atom stereocenters. The van der Waals surface area contributed by atoms with Crippen LogP contribution in [0.2, 0.25) is 0 Å². The molecule has 0 saturated carbocycles. The lowest BCUT2D eigenvalue weighted by molar-refractivity contribution is -0.0494. The summed E-state index contributed by atoms with van der Waals surface area (Å²) in [7, 11) is 0. The first-order valence-electron chi connectivity index (χ1n) is 10.4. The minimum Gasteiger partial charge on any atom is -0.434 e. The van der Waals surface area contributed by atoms with E-state index in [1.807, 2.05) is 30.3 Å². The van der Waals surface area contributed by atoms with Crippen molar-refractivity contribution in [3.63, 3.8) is 0 Å². The van der Waals surface area contributed by atoms with Crippen molar-refractivity contribution in [2.45, 2.75) is 52.1 Å². The van der Waals surface area contributed by atoms with E-state index < -0.39 is 12.4 Å². The zero-order valence-corrected chi connectivity index (χ0v) is 17.3. The Labute approximate surface area is 176 Å². The molecule has 158 valence electrons. The summed E-state index contributed by atoms with van der Waals surface area (Å²) in [5.74, 6) is -0.679. The predicted octanol–water partition coefficient (Wildman–Crippen LogP) is 8.10. The highest BCUT2D eigenvalue weighted by atomic mass is 19.3. The van der Waals surface area contributed by atoms with Gasteiger partial charge in [-0.25, -0.2) is 4.39 Å². The predicted molar refractivity (Wildman–Crippen MR) is 118 cm³/mol. The monoisotopic (exact) mass is 412 g/mol. The number of ether oxygens (including phenoxy) is 1. The van der Waals surface area contributed by atoms with Crippen LogP contribution in [0.5, 0.6) is 5.75 Å². The number of halogens is 3. The molecule has 0 N–H and O–H groups in total. The minimum atomic E-state index is -3.03. The van der Waals surface area contributed by atoms with Crippen molar-refractivity contribution in [3.05, 3.63) is 78.1 Å². The van der Waals surface area contributed by atoms with Gasteiger partial charge in [-0.15, -0.1) is 6.58 Å². The van der Waals surface area contributed by atoms with Gasteiger partial charge in [-0.1, -0.05) is 68.3 Å². The van der Waals surface area contributed by atoms with E-state index in [1.165, 1.54) is 6.07 Å². The zero-order valence-electron chi connectivity index (χ0n) is 17.3. The summed E-state index contributed by atoms with van der Waals surface area (Å²) >= 11 is 0. The van der Waals surface area contributed by atoms with Crippen molar-refractivity contribution >= 4 is 10.8 Å². The van der Waals surface area contributed by atoms with Gasteiger partial charge in [0, 0.05) is 5.39 Å². The van der Waals surface area contributed by atoms with Gasteiger partial charge in [-0.05, 0) is 53.8 Å². The van der Waals surface area contributed by atoms with Gasteiger partial charge in [0.15, 0.2) is 0 Å². The highest BCUT2D eigenvalue weighted by Gasteiger charge is 2.19. The molecule has 3 aromatic carbocycles. The third-order valence-electron chi connectivity index (χ3n) is 5.27. The second-order valence-electron chi connectivity index (χ2n) is 7.48. The molecule has 0 amide bonds. The van der Waals surface area contributed by atoms with E-state index in [0.717, 1.165) is 49.7 Å². The summed E-state index contributed by atoms with van der Waals surface area (Å²) in [6, 6.07) is 14.3. The largest absolute Gasteiger partial charge is 0.434 e. The van der Waals surface area contributed by atoms with E-state index in [2.05, 4.69) is 13.5 Å². The minimum absolute atomic E-state index is 0.0665. The standard InChI is InChI=1S/C26H27F3O/c1-3-5-7-9-19-12-15-22-21(16-19)17-23(30-26(28)29)24(25(22)27)20-13-10-18(11-14-20)8-6-4-2/h4,10-17,26H,2-3,5-9H2,1H3. The Morgan fingerprint density at radius 1 is 0.967 bits per heavy atom. The maximum Gasteiger partial charge on any atom is 0.387 e. The van der Waals surface area contributed by atoms with E-state index >= 15 is 4.39 Å². The second kappa shape index (κ2) is 10.3. The number of benzene rings is 3. The number of allylic oxidation sites excluding steroid dienone is 1. The summed E-state index contributed by atoms with van der Waals surface area (Å²) in [6.07, 6.45) is 7.65. The maximum atomic E-state index is 15.5. The Bertz CT molecular complexity index is 993. The molecule has 30 heavy (non-hydrogen) atoms. The number of hydrogen-bond acceptors (Lipinski definition) is 1. The van der Waals surface area contributed by atoms with Gasteiger partial charge in [-0.2, -0.15) is 8.78 Å². The molecule has 0 aromatic heterocycles. The molecule has 4 heteroatoms. The van der Waals surface area contributed by atoms with Gasteiger partial charge >= 0.3 is 6.61 Å². The molecule has 0 aliphatic rings. The molecule has 0 aliphatic heterocycles. The SMILES string of the molecule is C=CCCc1ccc(-c2c(OC(F)F)cc3cc(CCCCC)ccc3c2F)cc1. The summed E-state index contributed by atoms with van der Waals surface area (Å²) in [5, 5.41) is 0.977. The Morgan fingerprint density at radius 3 is 2.37 bits per heavy atom. The number of aryl methyl sites for hydroxylation is 2. The highest BCUT2D eigenvalue weighted by molar-refractivity contribution is 5.92. The Hall–Kier alpha value is -2.75. The first-order chi connectivity index (χ1) is 14.5. The topological polar surface area (TPSA) is 9.23 Å². The van der Waals surface area contributed by atoms with Crippen LogP contribution < -0.4 is 4.74 Å². The summed E-state index contributed by atoms with van der Waals surface area (Å²) in [5.41, 5.74) is 2.72. The molecule has 0 fully saturated rings. The fourth-order valence-electron chi connectivity index (χ4n) is 3.69. The van der Waals surface area contributed by atoms with Crippen LogP contribution in [0.4, 0.5) is 13.2 Å². The number of hydrogen-bond donors (Lipinski definition) is 0. The number of fused-ring (bicyclic) bond motifs is 1. The molecule has 0 spiro atoms. The van der Waals surface area contributed by atoms with Gasteiger partial charge in [0.1, 0.15) is 11.6 Å².